The van der Waals surface area contributed by atoms with E-state index in [-0.39, 0.29) is 23.8 Å². The number of hydrogen-bond acceptors (Lipinski definition) is 3. The summed E-state index contributed by atoms with van der Waals surface area (Å²) in [5, 5.41) is 0. The highest BCUT2D eigenvalue weighted by atomic mass is 79.9. The molecule has 0 heterocycles. The molecule has 7 heteroatoms. The molecule has 3 rings (SSSR count). The Morgan fingerprint density at radius 3 is 2.07 bits per heavy atom. The number of para-hydroxylation sites is 1. The number of halogens is 2. The summed E-state index contributed by atoms with van der Waals surface area (Å²) in [6, 6.07) is 21.8. The summed E-state index contributed by atoms with van der Waals surface area (Å²) in [6.45, 7) is 0.158. The van der Waals surface area contributed by atoms with Crippen molar-refractivity contribution in [1.82, 2.24) is 0 Å². The SMILES string of the molecule is NC(=O)c1ccccc1OCC(=O)N(Cc1ccc(Br)cc1)c1ccc(Br)cc1. The van der Waals surface area contributed by atoms with Crippen LogP contribution in [0.5, 0.6) is 5.75 Å². The summed E-state index contributed by atoms with van der Waals surface area (Å²) in [5.41, 5.74) is 7.33. The average Bonchev–Trinajstić information content (AvgIpc) is 2.72. The van der Waals surface area contributed by atoms with Gasteiger partial charge in [-0.05, 0) is 54.1 Å². The van der Waals surface area contributed by atoms with E-state index in [1.54, 1.807) is 29.2 Å². The van der Waals surface area contributed by atoms with Crippen molar-refractivity contribution in [2.45, 2.75) is 6.54 Å². The summed E-state index contributed by atoms with van der Waals surface area (Å²) < 4.78 is 7.52. The van der Waals surface area contributed by atoms with Crippen molar-refractivity contribution < 1.29 is 14.3 Å². The lowest BCUT2D eigenvalue weighted by Crippen LogP contribution is -2.34. The highest BCUT2D eigenvalue weighted by Crippen LogP contribution is 2.23. The zero-order valence-corrected chi connectivity index (χ0v) is 18.5. The van der Waals surface area contributed by atoms with Gasteiger partial charge in [-0.15, -0.1) is 0 Å². The Morgan fingerprint density at radius 2 is 1.45 bits per heavy atom. The van der Waals surface area contributed by atoms with Gasteiger partial charge in [-0.3, -0.25) is 9.59 Å². The summed E-state index contributed by atoms with van der Waals surface area (Å²) in [6.07, 6.45) is 0. The van der Waals surface area contributed by atoms with Crippen molar-refractivity contribution in [2.24, 2.45) is 5.73 Å². The molecule has 0 atom stereocenters. The Labute approximate surface area is 185 Å². The fraction of sp³-hybridized carbons (Fsp3) is 0.0909. The molecular formula is C22H18Br2N2O3. The number of carbonyl (C=O) groups is 2. The van der Waals surface area contributed by atoms with E-state index in [1.807, 2.05) is 48.5 Å². The number of carbonyl (C=O) groups excluding carboxylic acids is 2. The van der Waals surface area contributed by atoms with Crippen LogP contribution in [0.2, 0.25) is 0 Å². The average molecular weight is 518 g/mol. The minimum atomic E-state index is -0.604. The number of benzene rings is 3. The molecule has 0 unspecified atom stereocenters. The van der Waals surface area contributed by atoms with E-state index in [1.165, 1.54) is 0 Å². The molecule has 0 spiro atoms. The maximum Gasteiger partial charge on any atom is 0.265 e. The third kappa shape index (κ3) is 5.68. The fourth-order valence-electron chi connectivity index (χ4n) is 2.73. The fourth-order valence-corrected chi connectivity index (χ4v) is 3.26. The molecule has 0 aliphatic rings. The van der Waals surface area contributed by atoms with Crippen molar-refractivity contribution in [3.05, 3.63) is 92.9 Å². The van der Waals surface area contributed by atoms with E-state index in [9.17, 15) is 9.59 Å². The van der Waals surface area contributed by atoms with Crippen LogP contribution < -0.4 is 15.4 Å². The molecule has 0 bridgehead atoms. The van der Waals surface area contributed by atoms with Gasteiger partial charge in [0.1, 0.15) is 5.75 Å². The van der Waals surface area contributed by atoms with Crippen molar-refractivity contribution >= 4 is 49.4 Å². The lowest BCUT2D eigenvalue weighted by molar-refractivity contribution is -0.120. The summed E-state index contributed by atoms with van der Waals surface area (Å²) in [5.74, 6) is -0.560. The van der Waals surface area contributed by atoms with E-state index in [0.717, 1.165) is 20.2 Å². The molecule has 3 aromatic rings. The highest BCUT2D eigenvalue weighted by Gasteiger charge is 2.18. The molecule has 2 amide bonds. The van der Waals surface area contributed by atoms with E-state index in [2.05, 4.69) is 31.9 Å². The predicted octanol–water partition coefficient (Wildman–Crippen LogP) is 4.92. The maximum atomic E-state index is 13.0. The molecule has 148 valence electrons. The van der Waals surface area contributed by atoms with Crippen molar-refractivity contribution in [2.75, 3.05) is 11.5 Å². The largest absolute Gasteiger partial charge is 0.483 e. The number of rotatable bonds is 7. The number of nitrogens with two attached hydrogens (primary N) is 1. The molecule has 5 nitrogen and oxygen atoms in total. The van der Waals surface area contributed by atoms with Gasteiger partial charge in [-0.2, -0.15) is 0 Å². The molecule has 0 aromatic heterocycles. The van der Waals surface area contributed by atoms with Gasteiger partial charge in [-0.1, -0.05) is 56.1 Å². The van der Waals surface area contributed by atoms with Gasteiger partial charge in [0.05, 0.1) is 12.1 Å². The van der Waals surface area contributed by atoms with Crippen molar-refractivity contribution in [1.29, 1.82) is 0 Å². The van der Waals surface area contributed by atoms with Crippen LogP contribution in [-0.2, 0) is 11.3 Å². The second kappa shape index (κ2) is 9.71. The molecule has 0 radical (unpaired) electrons. The first kappa shape index (κ1) is 21.1. The quantitative estimate of drug-likeness (QED) is 0.483. The van der Waals surface area contributed by atoms with Crippen LogP contribution in [0.15, 0.2) is 81.7 Å². The third-order valence-electron chi connectivity index (χ3n) is 4.20. The van der Waals surface area contributed by atoms with Gasteiger partial charge in [0, 0.05) is 14.6 Å². The van der Waals surface area contributed by atoms with Crippen LogP contribution >= 0.6 is 31.9 Å². The smallest absolute Gasteiger partial charge is 0.265 e. The minimum Gasteiger partial charge on any atom is -0.483 e. The normalized spacial score (nSPS) is 10.4. The minimum absolute atomic E-state index is 0.225. The monoisotopic (exact) mass is 516 g/mol. The molecular weight excluding hydrogens is 500 g/mol. The van der Waals surface area contributed by atoms with Crippen LogP contribution in [-0.4, -0.2) is 18.4 Å². The van der Waals surface area contributed by atoms with Crippen LogP contribution in [0.3, 0.4) is 0 Å². The first-order valence-electron chi connectivity index (χ1n) is 8.76. The van der Waals surface area contributed by atoms with Gasteiger partial charge >= 0.3 is 0 Å². The first-order chi connectivity index (χ1) is 13.9. The number of hydrogen-bond donors (Lipinski definition) is 1. The number of amides is 2. The Kier molecular flexibility index (Phi) is 7.06. The van der Waals surface area contributed by atoms with Crippen LogP contribution in [0, 0.1) is 0 Å². The van der Waals surface area contributed by atoms with Crippen LogP contribution in [0.4, 0.5) is 5.69 Å². The molecule has 29 heavy (non-hydrogen) atoms. The van der Waals surface area contributed by atoms with Crippen LogP contribution in [0.25, 0.3) is 0 Å². The standard InChI is InChI=1S/C22H18Br2N2O3/c23-16-7-5-15(6-8-16)13-26(18-11-9-17(24)10-12-18)21(27)14-29-20-4-2-1-3-19(20)22(25)28/h1-12H,13-14H2,(H2,25,28). The molecule has 0 saturated heterocycles. The van der Waals surface area contributed by atoms with Gasteiger partial charge in [-0.25, -0.2) is 0 Å². The summed E-state index contributed by atoms with van der Waals surface area (Å²) in [7, 11) is 0. The van der Waals surface area contributed by atoms with E-state index < -0.39 is 5.91 Å². The zero-order chi connectivity index (χ0) is 20.8. The van der Waals surface area contributed by atoms with Crippen molar-refractivity contribution in [3.8, 4) is 5.75 Å². The Bertz CT molecular complexity index is 1010. The predicted molar refractivity (Wildman–Crippen MR) is 120 cm³/mol. The van der Waals surface area contributed by atoms with E-state index in [0.29, 0.717) is 6.54 Å². The zero-order valence-electron chi connectivity index (χ0n) is 15.3. The second-order valence-electron chi connectivity index (χ2n) is 6.23. The summed E-state index contributed by atoms with van der Waals surface area (Å²) >= 11 is 6.83. The third-order valence-corrected chi connectivity index (χ3v) is 5.25. The Balaban J connectivity index is 1.81. The Hall–Kier alpha value is -2.64. The lowest BCUT2D eigenvalue weighted by atomic mass is 10.2. The van der Waals surface area contributed by atoms with Crippen molar-refractivity contribution in [3.63, 3.8) is 0 Å². The molecule has 0 aliphatic carbocycles. The van der Waals surface area contributed by atoms with E-state index in [4.69, 9.17) is 10.5 Å². The molecule has 0 saturated carbocycles. The highest BCUT2D eigenvalue weighted by molar-refractivity contribution is 9.10. The number of ether oxygens (including phenoxy) is 1. The topological polar surface area (TPSA) is 72.6 Å². The van der Waals surface area contributed by atoms with E-state index >= 15 is 0 Å². The molecule has 0 aliphatic heterocycles. The van der Waals surface area contributed by atoms with Crippen LogP contribution in [0.1, 0.15) is 15.9 Å². The Morgan fingerprint density at radius 1 is 0.862 bits per heavy atom. The first-order valence-corrected chi connectivity index (χ1v) is 10.3. The summed E-state index contributed by atoms with van der Waals surface area (Å²) in [4.78, 5) is 26.2. The second-order valence-corrected chi connectivity index (χ2v) is 8.06. The lowest BCUT2D eigenvalue weighted by Gasteiger charge is -2.23. The molecule has 3 aromatic carbocycles. The number of primary amides is 1. The molecule has 0 fully saturated rings. The maximum absolute atomic E-state index is 13.0. The van der Waals surface area contributed by atoms with Gasteiger partial charge in [0.15, 0.2) is 6.61 Å². The number of anilines is 1. The van der Waals surface area contributed by atoms with Gasteiger partial charge in [0.25, 0.3) is 11.8 Å². The van der Waals surface area contributed by atoms with Gasteiger partial charge in [0.2, 0.25) is 0 Å². The molecule has 2 N–H and O–H groups in total. The van der Waals surface area contributed by atoms with Gasteiger partial charge < -0.3 is 15.4 Å². The number of nitrogens with zero attached hydrogens (tertiary/aromatic N) is 1.